The summed E-state index contributed by atoms with van der Waals surface area (Å²) in [4.78, 5) is 47.7. The van der Waals surface area contributed by atoms with Gasteiger partial charge in [-0.1, -0.05) is 5.16 Å². The summed E-state index contributed by atoms with van der Waals surface area (Å²) in [5, 5.41) is 12.9. The summed E-state index contributed by atoms with van der Waals surface area (Å²) < 4.78 is 4.88. The largest absolute Gasteiger partial charge is 0.456 e. The molecule has 3 heterocycles. The number of rotatable bonds is 3. The molecule has 4 N–H and O–H groups in total. The van der Waals surface area contributed by atoms with E-state index in [0.29, 0.717) is 5.75 Å². The lowest BCUT2D eigenvalue weighted by molar-refractivity contribution is -0.150. The molecule has 1 saturated heterocycles. The van der Waals surface area contributed by atoms with E-state index < -0.39 is 40.8 Å². The van der Waals surface area contributed by atoms with Gasteiger partial charge in [0.1, 0.15) is 23.7 Å². The van der Waals surface area contributed by atoms with Gasteiger partial charge in [-0.25, -0.2) is 4.79 Å². The van der Waals surface area contributed by atoms with E-state index in [1.54, 1.807) is 0 Å². The summed E-state index contributed by atoms with van der Waals surface area (Å²) in [6, 6.07) is -0.934. The lowest BCUT2D eigenvalue weighted by Crippen LogP contribution is -2.71. The number of nitrogens with two attached hydrogens (primary N) is 1. The first-order chi connectivity index (χ1) is 10.5. The van der Waals surface area contributed by atoms with Crippen LogP contribution in [0.15, 0.2) is 16.4 Å². The van der Waals surface area contributed by atoms with Crippen molar-refractivity contribution in [2.75, 3.05) is 12.4 Å². The third-order valence-corrected chi connectivity index (χ3v) is 4.79. The van der Waals surface area contributed by atoms with Gasteiger partial charge in [-0.15, -0.1) is 11.8 Å². The predicted molar refractivity (Wildman–Crippen MR) is 71.4 cm³/mol. The van der Waals surface area contributed by atoms with E-state index in [-0.39, 0.29) is 12.3 Å². The van der Waals surface area contributed by atoms with Gasteiger partial charge in [-0.2, -0.15) is 0 Å². The van der Waals surface area contributed by atoms with Crippen LogP contribution < -0.4 is 11.1 Å². The molecule has 116 valence electrons. The number of primary amides is 1. The van der Waals surface area contributed by atoms with Crippen molar-refractivity contribution in [3.05, 3.63) is 11.3 Å². The molecule has 2 atom stereocenters. The number of esters is 1. The van der Waals surface area contributed by atoms with E-state index in [2.05, 4.69) is 10.5 Å². The molecule has 3 aliphatic rings. The number of thioether (sulfide) groups is 1. The fourth-order valence-electron chi connectivity index (χ4n) is 2.42. The number of carbonyl (C=O) groups is 4. The topological polar surface area (TPSA) is 151 Å². The minimum Gasteiger partial charge on any atom is -0.456 e. The molecule has 3 amide bonds. The highest BCUT2D eigenvalue weighted by Crippen LogP contribution is 2.42. The first-order valence-corrected chi connectivity index (χ1v) is 7.17. The van der Waals surface area contributed by atoms with E-state index in [1.165, 1.54) is 16.7 Å². The number of carbonyl (C=O) groups excluding carboxylic acids is 4. The highest BCUT2D eigenvalue weighted by molar-refractivity contribution is 8.00. The highest BCUT2D eigenvalue weighted by Gasteiger charge is 2.55. The van der Waals surface area contributed by atoms with E-state index in [1.807, 2.05) is 0 Å². The zero-order chi connectivity index (χ0) is 16.0. The summed E-state index contributed by atoms with van der Waals surface area (Å²) in [6.07, 6.45) is 0. The molecular weight excluding hydrogens is 316 g/mol. The summed E-state index contributed by atoms with van der Waals surface area (Å²) >= 11 is 1.35. The van der Waals surface area contributed by atoms with Crippen molar-refractivity contribution in [1.82, 2.24) is 10.2 Å². The average Bonchev–Trinajstić information content (AvgIpc) is 2.84. The van der Waals surface area contributed by atoms with E-state index in [0.717, 1.165) is 5.57 Å². The van der Waals surface area contributed by atoms with Crippen molar-refractivity contribution >= 4 is 41.2 Å². The number of β-lactam (4-membered cyclic amide) rings is 1. The van der Waals surface area contributed by atoms with Crippen molar-refractivity contribution in [3.8, 4) is 0 Å². The van der Waals surface area contributed by atoms with Crippen LogP contribution in [0.5, 0.6) is 0 Å². The molecule has 0 unspecified atom stereocenters. The van der Waals surface area contributed by atoms with Crippen LogP contribution in [0.25, 0.3) is 0 Å². The number of ether oxygens (including phenoxy) is 1. The molecule has 0 radical (unpaired) electrons. The Morgan fingerprint density at radius 2 is 2.18 bits per heavy atom. The zero-order valence-electron chi connectivity index (χ0n) is 10.9. The second-order valence-corrected chi connectivity index (χ2v) is 5.81. The van der Waals surface area contributed by atoms with Crippen molar-refractivity contribution in [1.29, 1.82) is 0 Å². The molecule has 3 rings (SSSR count). The Morgan fingerprint density at radius 3 is 2.82 bits per heavy atom. The van der Waals surface area contributed by atoms with Gasteiger partial charge in [0.2, 0.25) is 5.71 Å². The molecule has 22 heavy (non-hydrogen) atoms. The number of nitrogens with one attached hydrogen (secondary N) is 1. The third-order valence-electron chi connectivity index (χ3n) is 3.45. The summed E-state index contributed by atoms with van der Waals surface area (Å²) in [6.45, 7) is 0.164. The monoisotopic (exact) mass is 326 g/mol. The molecule has 0 spiro atoms. The lowest BCUT2D eigenvalue weighted by atomic mass is 10.0. The summed E-state index contributed by atoms with van der Waals surface area (Å²) in [7, 11) is 0. The normalized spacial score (nSPS) is 26.9. The summed E-state index contributed by atoms with van der Waals surface area (Å²) in [5.74, 6) is -2.84. The average molecular weight is 326 g/mol. The molecule has 0 aliphatic carbocycles. The lowest BCUT2D eigenvalue weighted by Gasteiger charge is -2.48. The maximum absolute atomic E-state index is 12.1. The standard InChI is InChI=1S/C11H10N4O6S/c12-7(16)4(14-20)8(17)13-5-9(18)15-6-3(1-21-11(6)19)2-22-10(5)15/h5,10,20H,1-2H2,(H2,12,16)(H,13,17)/b14-4-/t5-,10-/m1/s1. The first-order valence-electron chi connectivity index (χ1n) is 6.12. The second-order valence-electron chi connectivity index (χ2n) is 4.70. The summed E-state index contributed by atoms with van der Waals surface area (Å²) in [5.41, 5.74) is 4.94. The molecule has 3 aliphatic heterocycles. The number of cyclic esters (lactones) is 1. The van der Waals surface area contributed by atoms with Crippen molar-refractivity contribution in [2.45, 2.75) is 11.4 Å². The molecule has 11 heteroatoms. The minimum atomic E-state index is -1.22. The molecule has 0 aromatic heterocycles. The number of nitrogens with zero attached hydrogens (tertiary/aromatic N) is 2. The second kappa shape index (κ2) is 5.02. The Bertz CT molecular complexity index is 671. The molecule has 0 aromatic rings. The number of oxime groups is 1. The molecule has 0 saturated carbocycles. The van der Waals surface area contributed by atoms with Gasteiger partial charge in [0, 0.05) is 11.3 Å². The van der Waals surface area contributed by atoms with Gasteiger partial charge in [0.25, 0.3) is 17.7 Å². The van der Waals surface area contributed by atoms with Gasteiger partial charge in [-0.3, -0.25) is 19.3 Å². The van der Waals surface area contributed by atoms with E-state index in [9.17, 15) is 19.2 Å². The fraction of sp³-hybridized carbons (Fsp3) is 0.364. The maximum Gasteiger partial charge on any atom is 0.355 e. The highest BCUT2D eigenvalue weighted by atomic mass is 32.2. The predicted octanol–water partition coefficient (Wildman–Crippen LogP) is -2.49. The van der Waals surface area contributed by atoms with Crippen molar-refractivity contribution < 1.29 is 29.1 Å². The van der Waals surface area contributed by atoms with E-state index >= 15 is 0 Å². The van der Waals surface area contributed by atoms with E-state index in [4.69, 9.17) is 15.7 Å². The van der Waals surface area contributed by atoms with Gasteiger partial charge in [0.05, 0.1) is 0 Å². The van der Waals surface area contributed by atoms with Crippen LogP contribution in [0.2, 0.25) is 0 Å². The molecule has 0 bridgehead atoms. The van der Waals surface area contributed by atoms with Crippen LogP contribution >= 0.6 is 11.8 Å². The zero-order valence-corrected chi connectivity index (χ0v) is 11.8. The Labute approximate surface area is 127 Å². The number of fused-ring (bicyclic) bond motifs is 2. The molecule has 0 aromatic carbocycles. The molecule has 10 nitrogen and oxygen atoms in total. The smallest absolute Gasteiger partial charge is 0.355 e. The molecule has 1 fully saturated rings. The van der Waals surface area contributed by atoms with Crippen LogP contribution in [-0.4, -0.2) is 63.3 Å². The number of hydrogen-bond donors (Lipinski definition) is 3. The maximum atomic E-state index is 12.1. The minimum absolute atomic E-state index is 0.164. The van der Waals surface area contributed by atoms with Gasteiger partial charge >= 0.3 is 5.97 Å². The number of hydrogen-bond acceptors (Lipinski definition) is 8. The van der Waals surface area contributed by atoms with Gasteiger partial charge < -0.3 is 21.0 Å². The van der Waals surface area contributed by atoms with Crippen LogP contribution in [0.3, 0.4) is 0 Å². The van der Waals surface area contributed by atoms with Gasteiger partial charge in [-0.05, 0) is 0 Å². The van der Waals surface area contributed by atoms with Gasteiger partial charge in [0.15, 0.2) is 0 Å². The van der Waals surface area contributed by atoms with Crippen molar-refractivity contribution in [3.63, 3.8) is 0 Å². The van der Waals surface area contributed by atoms with Crippen LogP contribution in [-0.2, 0) is 23.9 Å². The SMILES string of the molecule is NC(=O)/C(=N/O)C(=O)N[C@@H]1C(=O)N2C3=C(COC3=O)CS[C@H]12. The third kappa shape index (κ3) is 1.93. The number of amides is 3. The van der Waals surface area contributed by atoms with Crippen LogP contribution in [0, 0.1) is 0 Å². The fourth-order valence-corrected chi connectivity index (χ4v) is 3.75. The Hall–Kier alpha value is -2.56. The van der Waals surface area contributed by atoms with Crippen LogP contribution in [0.4, 0.5) is 0 Å². The quantitative estimate of drug-likeness (QED) is 0.130. The first kappa shape index (κ1) is 14.4. The van der Waals surface area contributed by atoms with Crippen LogP contribution in [0.1, 0.15) is 0 Å². The Morgan fingerprint density at radius 1 is 1.45 bits per heavy atom. The Kier molecular flexibility index (Phi) is 3.28. The molecular formula is C11H10N4O6S. The Balaban J connectivity index is 1.75. The van der Waals surface area contributed by atoms with Crippen molar-refractivity contribution in [2.24, 2.45) is 10.9 Å².